The predicted octanol–water partition coefficient (Wildman–Crippen LogP) is 2.15. The van der Waals surface area contributed by atoms with E-state index in [0.29, 0.717) is 23.4 Å². The highest BCUT2D eigenvalue weighted by molar-refractivity contribution is 5.81. The molecule has 1 aromatic carbocycles. The maximum absolute atomic E-state index is 13.7. The molecule has 112 valence electrons. The summed E-state index contributed by atoms with van der Waals surface area (Å²) in [5.74, 6) is -0.460. The number of carbonyl (C=O) groups is 1. The van der Waals surface area contributed by atoms with Gasteiger partial charge in [0.25, 0.3) is 0 Å². The SMILES string of the molecule is CCCN(CC(=O)NC)c1cc(C)c(F)cc1[C@H](C)O. The molecule has 0 aromatic heterocycles. The van der Waals surface area contributed by atoms with Crippen molar-refractivity contribution in [1.29, 1.82) is 0 Å². The van der Waals surface area contributed by atoms with Crippen LogP contribution < -0.4 is 10.2 Å². The monoisotopic (exact) mass is 282 g/mol. The van der Waals surface area contributed by atoms with Crippen LogP contribution in [0.4, 0.5) is 10.1 Å². The van der Waals surface area contributed by atoms with Gasteiger partial charge in [0.15, 0.2) is 0 Å². The molecule has 20 heavy (non-hydrogen) atoms. The molecule has 0 aliphatic carbocycles. The summed E-state index contributed by atoms with van der Waals surface area (Å²) in [6.45, 7) is 6.13. The third-order valence-electron chi connectivity index (χ3n) is 3.21. The molecule has 0 bridgehead atoms. The Morgan fingerprint density at radius 3 is 2.65 bits per heavy atom. The van der Waals surface area contributed by atoms with Crippen molar-refractivity contribution in [3.8, 4) is 0 Å². The predicted molar refractivity (Wildman–Crippen MR) is 78.3 cm³/mol. The first-order chi connectivity index (χ1) is 9.40. The molecule has 1 amide bonds. The van der Waals surface area contributed by atoms with Crippen molar-refractivity contribution in [1.82, 2.24) is 5.32 Å². The number of halogens is 1. The lowest BCUT2D eigenvalue weighted by Crippen LogP contribution is -2.36. The van der Waals surface area contributed by atoms with Gasteiger partial charge in [-0.1, -0.05) is 6.92 Å². The number of anilines is 1. The van der Waals surface area contributed by atoms with E-state index >= 15 is 0 Å². The zero-order valence-corrected chi connectivity index (χ0v) is 12.5. The van der Waals surface area contributed by atoms with Crippen molar-refractivity contribution < 1.29 is 14.3 Å². The van der Waals surface area contributed by atoms with E-state index in [1.165, 1.54) is 6.07 Å². The summed E-state index contributed by atoms with van der Waals surface area (Å²) in [6.07, 6.45) is 0.0660. The van der Waals surface area contributed by atoms with Crippen molar-refractivity contribution >= 4 is 11.6 Å². The van der Waals surface area contributed by atoms with Crippen LogP contribution in [0, 0.1) is 12.7 Å². The Labute approximate surface area is 119 Å². The second kappa shape index (κ2) is 7.24. The summed E-state index contributed by atoms with van der Waals surface area (Å²) in [7, 11) is 1.58. The fourth-order valence-corrected chi connectivity index (χ4v) is 2.10. The van der Waals surface area contributed by atoms with Gasteiger partial charge in [0.05, 0.1) is 12.6 Å². The van der Waals surface area contributed by atoms with E-state index in [2.05, 4.69) is 5.32 Å². The van der Waals surface area contributed by atoms with Gasteiger partial charge in [-0.3, -0.25) is 4.79 Å². The zero-order valence-electron chi connectivity index (χ0n) is 12.5. The Bertz CT molecular complexity index is 475. The normalized spacial score (nSPS) is 12.1. The highest BCUT2D eigenvalue weighted by Crippen LogP contribution is 2.29. The Morgan fingerprint density at radius 1 is 1.50 bits per heavy atom. The van der Waals surface area contributed by atoms with Gasteiger partial charge in [-0.05, 0) is 38.0 Å². The van der Waals surface area contributed by atoms with Gasteiger partial charge in [-0.2, -0.15) is 0 Å². The fourth-order valence-electron chi connectivity index (χ4n) is 2.10. The maximum atomic E-state index is 13.7. The van der Waals surface area contributed by atoms with Gasteiger partial charge in [0.2, 0.25) is 5.91 Å². The van der Waals surface area contributed by atoms with Crippen LogP contribution in [0.5, 0.6) is 0 Å². The zero-order chi connectivity index (χ0) is 15.3. The third kappa shape index (κ3) is 3.93. The topological polar surface area (TPSA) is 52.6 Å². The Morgan fingerprint density at radius 2 is 2.15 bits per heavy atom. The van der Waals surface area contributed by atoms with E-state index in [-0.39, 0.29) is 18.3 Å². The number of aryl methyl sites for hydroxylation is 1. The molecule has 1 aromatic rings. The van der Waals surface area contributed by atoms with Crippen LogP contribution in [0.2, 0.25) is 0 Å². The number of aliphatic hydroxyl groups excluding tert-OH is 1. The first-order valence-electron chi connectivity index (χ1n) is 6.84. The van der Waals surface area contributed by atoms with Crippen LogP contribution >= 0.6 is 0 Å². The van der Waals surface area contributed by atoms with E-state index in [1.807, 2.05) is 11.8 Å². The summed E-state index contributed by atoms with van der Waals surface area (Å²) >= 11 is 0. The number of amides is 1. The number of rotatable bonds is 6. The fraction of sp³-hybridized carbons (Fsp3) is 0.533. The number of benzene rings is 1. The third-order valence-corrected chi connectivity index (χ3v) is 3.21. The standard InChI is InChI=1S/C15H23FN2O2/c1-5-6-18(9-15(20)17-4)14-7-10(2)13(16)8-12(14)11(3)19/h7-8,11,19H,5-6,9H2,1-4H3,(H,17,20)/t11-/m0/s1. The van der Waals surface area contributed by atoms with Crippen LogP contribution in [0.15, 0.2) is 12.1 Å². The van der Waals surface area contributed by atoms with E-state index < -0.39 is 6.10 Å². The highest BCUT2D eigenvalue weighted by Gasteiger charge is 2.18. The minimum Gasteiger partial charge on any atom is -0.389 e. The second-order valence-electron chi connectivity index (χ2n) is 4.93. The van der Waals surface area contributed by atoms with E-state index in [0.717, 1.165) is 6.42 Å². The lowest BCUT2D eigenvalue weighted by atomic mass is 10.0. The molecule has 0 heterocycles. The largest absolute Gasteiger partial charge is 0.389 e. The van der Waals surface area contributed by atoms with Crippen molar-refractivity contribution in [2.45, 2.75) is 33.3 Å². The number of hydrogen-bond acceptors (Lipinski definition) is 3. The molecular weight excluding hydrogens is 259 g/mol. The van der Waals surface area contributed by atoms with Crippen molar-refractivity contribution in [2.24, 2.45) is 0 Å². The maximum Gasteiger partial charge on any atom is 0.239 e. The minimum absolute atomic E-state index is 0.114. The van der Waals surface area contributed by atoms with Gasteiger partial charge in [0, 0.05) is 24.8 Å². The highest BCUT2D eigenvalue weighted by atomic mass is 19.1. The number of nitrogens with one attached hydrogen (secondary N) is 1. The Kier molecular flexibility index (Phi) is 5.95. The van der Waals surface area contributed by atoms with Gasteiger partial charge in [0.1, 0.15) is 5.82 Å². The van der Waals surface area contributed by atoms with E-state index in [9.17, 15) is 14.3 Å². The van der Waals surface area contributed by atoms with Crippen LogP contribution in [-0.4, -0.2) is 31.2 Å². The molecule has 0 spiro atoms. The van der Waals surface area contributed by atoms with Gasteiger partial charge >= 0.3 is 0 Å². The summed E-state index contributed by atoms with van der Waals surface area (Å²) in [5.41, 5.74) is 1.72. The summed E-state index contributed by atoms with van der Waals surface area (Å²) in [6, 6.07) is 3.04. The Balaban J connectivity index is 3.23. The Hall–Kier alpha value is -1.62. The molecule has 0 radical (unpaired) electrons. The molecule has 0 aliphatic rings. The first-order valence-corrected chi connectivity index (χ1v) is 6.84. The quantitative estimate of drug-likeness (QED) is 0.840. The van der Waals surface area contributed by atoms with Gasteiger partial charge < -0.3 is 15.3 Å². The molecule has 0 unspecified atom stereocenters. The summed E-state index contributed by atoms with van der Waals surface area (Å²) < 4.78 is 13.7. The number of carbonyl (C=O) groups excluding carboxylic acids is 1. The molecule has 4 nitrogen and oxygen atoms in total. The number of aliphatic hydroxyl groups is 1. The smallest absolute Gasteiger partial charge is 0.239 e. The van der Waals surface area contributed by atoms with E-state index in [1.54, 1.807) is 27.0 Å². The minimum atomic E-state index is -0.788. The van der Waals surface area contributed by atoms with Crippen molar-refractivity contribution in [3.05, 3.63) is 29.1 Å². The number of hydrogen-bond donors (Lipinski definition) is 2. The molecule has 1 rings (SSSR count). The van der Waals surface area contributed by atoms with Crippen molar-refractivity contribution in [2.75, 3.05) is 25.0 Å². The van der Waals surface area contributed by atoms with Crippen LogP contribution in [-0.2, 0) is 4.79 Å². The van der Waals surface area contributed by atoms with Gasteiger partial charge in [-0.25, -0.2) is 4.39 Å². The molecule has 0 saturated heterocycles. The molecular formula is C15H23FN2O2. The first kappa shape index (κ1) is 16.4. The second-order valence-corrected chi connectivity index (χ2v) is 4.93. The van der Waals surface area contributed by atoms with Crippen molar-refractivity contribution in [3.63, 3.8) is 0 Å². The summed E-state index contributed by atoms with van der Waals surface area (Å²) in [5, 5.41) is 12.4. The molecule has 0 fully saturated rings. The number of nitrogens with zero attached hydrogens (tertiary/aromatic N) is 1. The number of likely N-dealkylation sites (N-methyl/N-ethyl adjacent to an activating group) is 1. The van der Waals surface area contributed by atoms with Crippen LogP contribution in [0.25, 0.3) is 0 Å². The lowest BCUT2D eigenvalue weighted by Gasteiger charge is -2.27. The van der Waals surface area contributed by atoms with Crippen LogP contribution in [0.1, 0.15) is 37.5 Å². The molecule has 0 aliphatic heterocycles. The molecule has 0 saturated carbocycles. The van der Waals surface area contributed by atoms with E-state index in [4.69, 9.17) is 0 Å². The molecule has 1 atom stereocenters. The van der Waals surface area contributed by atoms with Crippen LogP contribution in [0.3, 0.4) is 0 Å². The molecule has 2 N–H and O–H groups in total. The molecule has 5 heteroatoms. The average Bonchev–Trinajstić information content (AvgIpc) is 2.40. The lowest BCUT2D eigenvalue weighted by molar-refractivity contribution is -0.119. The summed E-state index contributed by atoms with van der Waals surface area (Å²) in [4.78, 5) is 13.5. The van der Waals surface area contributed by atoms with Gasteiger partial charge in [-0.15, -0.1) is 0 Å². The average molecular weight is 282 g/mol.